The van der Waals surface area contributed by atoms with Gasteiger partial charge in [0.25, 0.3) is 0 Å². The first-order valence-corrected chi connectivity index (χ1v) is 7.84. The van der Waals surface area contributed by atoms with E-state index in [0.29, 0.717) is 11.5 Å². The van der Waals surface area contributed by atoms with Crippen LogP contribution in [0.25, 0.3) is 0 Å². The Balaban J connectivity index is 1.77. The molecule has 0 bridgehead atoms. The predicted molar refractivity (Wildman–Crippen MR) is 79.7 cm³/mol. The molecule has 1 heterocycles. The fourth-order valence-electron chi connectivity index (χ4n) is 3.60. The Morgan fingerprint density at radius 3 is 2.86 bits per heavy atom. The second-order valence-electron chi connectivity index (χ2n) is 6.08. The Morgan fingerprint density at radius 1 is 1.33 bits per heavy atom. The van der Waals surface area contributed by atoms with Gasteiger partial charge in [-0.05, 0) is 18.9 Å². The monoisotopic (exact) mass is 292 g/mol. The highest BCUT2D eigenvalue weighted by Crippen LogP contribution is 2.42. The first kappa shape index (κ1) is 14.7. The summed E-state index contributed by atoms with van der Waals surface area (Å²) in [5, 5.41) is 9.51. The summed E-state index contributed by atoms with van der Waals surface area (Å²) in [6, 6.07) is 5.63. The van der Waals surface area contributed by atoms with Gasteiger partial charge in [-0.1, -0.05) is 25.0 Å². The number of aliphatic hydroxyl groups excluding tert-OH is 1. The van der Waals surface area contributed by atoms with Gasteiger partial charge in [0, 0.05) is 18.4 Å². The zero-order valence-electron chi connectivity index (χ0n) is 12.6. The van der Waals surface area contributed by atoms with Crippen molar-refractivity contribution >= 4 is 0 Å². The van der Waals surface area contributed by atoms with E-state index < -0.39 is 0 Å². The van der Waals surface area contributed by atoms with Crippen LogP contribution in [-0.2, 0) is 11.3 Å². The van der Waals surface area contributed by atoms with Gasteiger partial charge < -0.3 is 19.3 Å². The molecule has 0 amide bonds. The molecule has 1 spiro atoms. The van der Waals surface area contributed by atoms with E-state index >= 15 is 0 Å². The fraction of sp³-hybridized carbons (Fsp3) is 0.647. The smallest absolute Gasteiger partial charge is 0.167 e. The van der Waals surface area contributed by atoms with Crippen LogP contribution in [0.1, 0.15) is 44.1 Å². The van der Waals surface area contributed by atoms with Crippen LogP contribution < -0.4 is 9.47 Å². The largest absolute Gasteiger partial charge is 0.493 e. The lowest BCUT2D eigenvalue weighted by atomic mass is 9.90. The van der Waals surface area contributed by atoms with Crippen molar-refractivity contribution in [3.63, 3.8) is 0 Å². The zero-order valence-corrected chi connectivity index (χ0v) is 12.6. The molecule has 4 nitrogen and oxygen atoms in total. The van der Waals surface area contributed by atoms with E-state index in [1.807, 2.05) is 18.2 Å². The maximum atomic E-state index is 9.51. The second-order valence-corrected chi connectivity index (χ2v) is 6.08. The van der Waals surface area contributed by atoms with E-state index in [-0.39, 0.29) is 18.3 Å². The molecular weight excluding hydrogens is 268 g/mol. The Morgan fingerprint density at radius 2 is 2.14 bits per heavy atom. The summed E-state index contributed by atoms with van der Waals surface area (Å²) in [7, 11) is 1.63. The zero-order chi connectivity index (χ0) is 14.7. The van der Waals surface area contributed by atoms with Crippen LogP contribution in [0.15, 0.2) is 18.2 Å². The quantitative estimate of drug-likeness (QED) is 0.926. The molecule has 1 aromatic rings. The summed E-state index contributed by atoms with van der Waals surface area (Å²) < 4.78 is 17.6. The molecule has 1 saturated heterocycles. The predicted octanol–water partition coefficient (Wildman–Crippen LogP) is 3.06. The number of benzene rings is 1. The molecule has 4 heteroatoms. The maximum Gasteiger partial charge on any atom is 0.167 e. The average Bonchev–Trinajstić information content (AvgIpc) is 2.95. The van der Waals surface area contributed by atoms with Crippen molar-refractivity contribution in [1.29, 1.82) is 0 Å². The lowest BCUT2D eigenvalue weighted by Gasteiger charge is -2.38. The van der Waals surface area contributed by atoms with E-state index in [1.165, 1.54) is 12.8 Å². The maximum absolute atomic E-state index is 9.51. The molecule has 2 fully saturated rings. The molecule has 1 aliphatic carbocycles. The number of hydrogen-bond donors (Lipinski definition) is 1. The molecule has 1 saturated carbocycles. The molecule has 1 atom stereocenters. The number of rotatable bonds is 4. The fourth-order valence-corrected chi connectivity index (χ4v) is 3.60. The number of hydrogen-bond acceptors (Lipinski definition) is 4. The van der Waals surface area contributed by atoms with E-state index in [4.69, 9.17) is 14.2 Å². The highest BCUT2D eigenvalue weighted by atomic mass is 16.5. The van der Waals surface area contributed by atoms with Crippen molar-refractivity contribution in [2.45, 2.75) is 56.8 Å². The number of para-hydroxylation sites is 1. The SMILES string of the molecule is COc1cccc(CO)c1OC1CCOC2(CCCC2)C1. The summed E-state index contributed by atoms with van der Waals surface area (Å²) in [5.41, 5.74) is 0.811. The van der Waals surface area contributed by atoms with Crippen molar-refractivity contribution in [3.05, 3.63) is 23.8 Å². The highest BCUT2D eigenvalue weighted by molar-refractivity contribution is 5.46. The Bertz CT molecular complexity index is 457. The summed E-state index contributed by atoms with van der Waals surface area (Å²) >= 11 is 0. The molecule has 1 unspecified atom stereocenters. The molecule has 1 N–H and O–H groups in total. The summed E-state index contributed by atoms with van der Waals surface area (Å²) in [4.78, 5) is 0. The van der Waals surface area contributed by atoms with E-state index in [9.17, 15) is 5.11 Å². The standard InChI is InChI=1S/C17H24O4/c1-19-15-6-4-5-13(12-18)16(15)21-14-7-10-20-17(11-14)8-2-3-9-17/h4-6,14,18H,2-3,7-12H2,1H3. The van der Waals surface area contributed by atoms with Crippen LogP contribution in [0.2, 0.25) is 0 Å². The normalized spacial score (nSPS) is 24.2. The first-order chi connectivity index (χ1) is 10.3. The first-order valence-electron chi connectivity index (χ1n) is 7.84. The van der Waals surface area contributed by atoms with Crippen LogP contribution in [0.5, 0.6) is 11.5 Å². The third-order valence-electron chi connectivity index (χ3n) is 4.70. The van der Waals surface area contributed by atoms with Crippen molar-refractivity contribution in [2.24, 2.45) is 0 Å². The Hall–Kier alpha value is -1.26. The van der Waals surface area contributed by atoms with Crippen LogP contribution in [0.4, 0.5) is 0 Å². The Labute approximate surface area is 126 Å². The molecule has 116 valence electrons. The molecule has 0 aromatic heterocycles. The van der Waals surface area contributed by atoms with E-state index in [2.05, 4.69) is 0 Å². The van der Waals surface area contributed by atoms with E-state index in [1.54, 1.807) is 7.11 Å². The van der Waals surface area contributed by atoms with Gasteiger partial charge in [0.15, 0.2) is 11.5 Å². The summed E-state index contributed by atoms with van der Waals surface area (Å²) in [6.07, 6.45) is 6.77. The lowest BCUT2D eigenvalue weighted by molar-refractivity contribution is -0.108. The van der Waals surface area contributed by atoms with Gasteiger partial charge in [0.1, 0.15) is 6.10 Å². The molecule has 1 aromatic carbocycles. The van der Waals surface area contributed by atoms with Gasteiger partial charge in [-0.25, -0.2) is 0 Å². The summed E-state index contributed by atoms with van der Waals surface area (Å²) in [5.74, 6) is 1.37. The van der Waals surface area contributed by atoms with Crippen LogP contribution in [0.3, 0.4) is 0 Å². The van der Waals surface area contributed by atoms with Crippen molar-refractivity contribution in [2.75, 3.05) is 13.7 Å². The number of methoxy groups -OCH3 is 1. The van der Waals surface area contributed by atoms with Crippen LogP contribution >= 0.6 is 0 Å². The molecular formula is C17H24O4. The molecule has 2 aliphatic rings. The van der Waals surface area contributed by atoms with Crippen molar-refractivity contribution in [3.8, 4) is 11.5 Å². The molecule has 3 rings (SSSR count). The minimum absolute atomic E-state index is 0.0321. The molecule has 0 radical (unpaired) electrons. The third-order valence-corrected chi connectivity index (χ3v) is 4.70. The van der Waals surface area contributed by atoms with Gasteiger partial charge in [0.2, 0.25) is 0 Å². The lowest BCUT2D eigenvalue weighted by Crippen LogP contribution is -2.41. The van der Waals surface area contributed by atoms with Crippen LogP contribution in [-0.4, -0.2) is 30.5 Å². The minimum Gasteiger partial charge on any atom is -0.493 e. The van der Waals surface area contributed by atoms with Gasteiger partial charge in [-0.3, -0.25) is 0 Å². The average molecular weight is 292 g/mol. The third kappa shape index (κ3) is 3.01. The highest BCUT2D eigenvalue weighted by Gasteiger charge is 2.41. The topological polar surface area (TPSA) is 47.9 Å². The van der Waals surface area contributed by atoms with Gasteiger partial charge in [-0.2, -0.15) is 0 Å². The second kappa shape index (κ2) is 6.24. The van der Waals surface area contributed by atoms with Gasteiger partial charge in [-0.15, -0.1) is 0 Å². The molecule has 1 aliphatic heterocycles. The Kier molecular flexibility index (Phi) is 4.36. The van der Waals surface area contributed by atoms with Gasteiger partial charge >= 0.3 is 0 Å². The van der Waals surface area contributed by atoms with Gasteiger partial charge in [0.05, 0.1) is 25.9 Å². The van der Waals surface area contributed by atoms with Crippen molar-refractivity contribution < 1.29 is 19.3 Å². The number of aliphatic hydroxyl groups is 1. The number of ether oxygens (including phenoxy) is 3. The molecule has 21 heavy (non-hydrogen) atoms. The van der Waals surface area contributed by atoms with E-state index in [0.717, 1.165) is 37.9 Å². The van der Waals surface area contributed by atoms with Crippen molar-refractivity contribution in [1.82, 2.24) is 0 Å². The van der Waals surface area contributed by atoms with Crippen LogP contribution in [0, 0.1) is 0 Å². The summed E-state index contributed by atoms with van der Waals surface area (Å²) in [6.45, 7) is 0.717. The minimum atomic E-state index is -0.0408.